The highest BCUT2D eigenvalue weighted by molar-refractivity contribution is 7.92. The number of carbonyl (C=O) groups excluding carboxylic acids is 1. The minimum atomic E-state index is -3.77. The number of benzene rings is 2. The summed E-state index contributed by atoms with van der Waals surface area (Å²) in [5.74, 6) is 1.49. The minimum absolute atomic E-state index is 0.0715. The van der Waals surface area contributed by atoms with Gasteiger partial charge in [-0.2, -0.15) is 0 Å². The molecule has 0 unspecified atom stereocenters. The van der Waals surface area contributed by atoms with Gasteiger partial charge in [-0.3, -0.25) is 14.8 Å². The van der Waals surface area contributed by atoms with Crippen molar-refractivity contribution < 1.29 is 22.4 Å². The average molecular weight is 472 g/mol. The lowest BCUT2D eigenvalue weighted by Crippen LogP contribution is -2.32. The summed E-state index contributed by atoms with van der Waals surface area (Å²) in [6, 6.07) is 16.0. The molecular weight excluding hydrogens is 450 g/mol. The van der Waals surface area contributed by atoms with Gasteiger partial charge in [0.25, 0.3) is 10.0 Å². The topological polar surface area (TPSA) is 110 Å². The molecule has 1 heterocycles. The lowest BCUT2D eigenvalue weighted by Gasteiger charge is -2.11. The van der Waals surface area contributed by atoms with Crippen LogP contribution in [0.15, 0.2) is 76.1 Å². The number of carbonyl (C=O) groups is 1. The number of nitrogens with one attached hydrogen (secondary N) is 3. The molecule has 8 nitrogen and oxygen atoms in total. The molecule has 3 rings (SSSR count). The number of hydrogen-bond donors (Lipinski definition) is 3. The molecular formula is C22H21N3O5S2. The zero-order valence-electron chi connectivity index (χ0n) is 17.3. The lowest BCUT2D eigenvalue weighted by atomic mass is 10.3. The van der Waals surface area contributed by atoms with Gasteiger partial charge in [-0.25, -0.2) is 8.42 Å². The second kappa shape index (κ2) is 10.1. The smallest absolute Gasteiger partial charge is 0.261 e. The van der Waals surface area contributed by atoms with Crippen LogP contribution >= 0.6 is 12.2 Å². The van der Waals surface area contributed by atoms with Gasteiger partial charge in [-0.15, -0.1) is 0 Å². The maximum Gasteiger partial charge on any atom is 0.261 e. The number of amides is 1. The highest BCUT2D eigenvalue weighted by Crippen LogP contribution is 2.20. The Morgan fingerprint density at radius 2 is 1.66 bits per heavy atom. The molecule has 1 aromatic heterocycles. The van der Waals surface area contributed by atoms with Gasteiger partial charge in [0.2, 0.25) is 5.91 Å². The third-order valence-corrected chi connectivity index (χ3v) is 5.76. The van der Waals surface area contributed by atoms with Gasteiger partial charge in [-0.05, 0) is 85.9 Å². The van der Waals surface area contributed by atoms with Crippen LogP contribution in [0.25, 0.3) is 6.08 Å². The van der Waals surface area contributed by atoms with E-state index in [1.54, 1.807) is 48.5 Å². The van der Waals surface area contributed by atoms with Crippen molar-refractivity contribution in [2.45, 2.75) is 11.8 Å². The van der Waals surface area contributed by atoms with E-state index in [-0.39, 0.29) is 10.0 Å². The number of aryl methyl sites for hydroxylation is 1. The van der Waals surface area contributed by atoms with Crippen molar-refractivity contribution in [2.24, 2.45) is 0 Å². The highest BCUT2D eigenvalue weighted by Gasteiger charge is 2.14. The molecule has 0 radical (unpaired) electrons. The van der Waals surface area contributed by atoms with E-state index < -0.39 is 15.9 Å². The molecule has 3 N–H and O–H groups in total. The van der Waals surface area contributed by atoms with E-state index in [4.69, 9.17) is 21.4 Å². The van der Waals surface area contributed by atoms with Crippen molar-refractivity contribution >= 4 is 50.7 Å². The van der Waals surface area contributed by atoms with Gasteiger partial charge in [0.15, 0.2) is 5.11 Å². The number of ether oxygens (including phenoxy) is 1. The van der Waals surface area contributed by atoms with E-state index >= 15 is 0 Å². The predicted molar refractivity (Wildman–Crippen MR) is 127 cm³/mol. The van der Waals surface area contributed by atoms with Crippen molar-refractivity contribution in [3.05, 3.63) is 78.3 Å². The number of sulfonamides is 1. The van der Waals surface area contributed by atoms with E-state index in [2.05, 4.69) is 15.4 Å². The van der Waals surface area contributed by atoms with Crippen LogP contribution in [0.1, 0.15) is 11.5 Å². The molecule has 0 spiro atoms. The molecule has 1 amide bonds. The van der Waals surface area contributed by atoms with Crippen LogP contribution in [-0.4, -0.2) is 26.5 Å². The second-order valence-corrected chi connectivity index (χ2v) is 8.67. The van der Waals surface area contributed by atoms with Crippen LogP contribution in [0, 0.1) is 6.92 Å². The van der Waals surface area contributed by atoms with E-state index in [0.29, 0.717) is 22.9 Å². The summed E-state index contributed by atoms with van der Waals surface area (Å²) in [6.45, 7) is 1.81. The van der Waals surface area contributed by atoms with E-state index in [0.717, 1.165) is 5.76 Å². The Morgan fingerprint density at radius 3 is 2.25 bits per heavy atom. The Balaban J connectivity index is 1.56. The lowest BCUT2D eigenvalue weighted by molar-refractivity contribution is -0.115. The monoisotopic (exact) mass is 471 g/mol. The maximum atomic E-state index is 12.6. The normalized spacial score (nSPS) is 11.2. The van der Waals surface area contributed by atoms with Gasteiger partial charge in [0.1, 0.15) is 17.3 Å². The maximum absolute atomic E-state index is 12.6. The number of rotatable bonds is 7. The number of methoxy groups -OCH3 is 1. The zero-order chi connectivity index (χ0) is 23.1. The first-order chi connectivity index (χ1) is 15.2. The Kier molecular flexibility index (Phi) is 7.29. The van der Waals surface area contributed by atoms with Crippen molar-refractivity contribution in [2.75, 3.05) is 17.1 Å². The molecule has 0 saturated heterocycles. The number of anilines is 2. The Morgan fingerprint density at radius 1 is 1.00 bits per heavy atom. The van der Waals surface area contributed by atoms with Crippen LogP contribution in [0.5, 0.6) is 5.75 Å². The molecule has 0 atom stereocenters. The summed E-state index contributed by atoms with van der Waals surface area (Å²) in [5, 5.41) is 5.41. The number of hydrogen-bond acceptors (Lipinski definition) is 6. The fourth-order valence-electron chi connectivity index (χ4n) is 2.61. The summed E-state index contributed by atoms with van der Waals surface area (Å²) in [6.07, 6.45) is 2.83. The first-order valence-electron chi connectivity index (χ1n) is 9.38. The molecule has 10 heteroatoms. The van der Waals surface area contributed by atoms with Crippen LogP contribution in [-0.2, 0) is 14.8 Å². The molecule has 3 aromatic rings. The average Bonchev–Trinajstić information content (AvgIpc) is 3.18. The Bertz CT molecular complexity index is 1230. The molecule has 0 aliphatic rings. The summed E-state index contributed by atoms with van der Waals surface area (Å²) in [4.78, 5) is 12.0. The van der Waals surface area contributed by atoms with Gasteiger partial charge < -0.3 is 14.5 Å². The second-order valence-electron chi connectivity index (χ2n) is 6.58. The first-order valence-corrected chi connectivity index (χ1v) is 11.3. The van der Waals surface area contributed by atoms with E-state index in [9.17, 15) is 13.2 Å². The van der Waals surface area contributed by atoms with Gasteiger partial charge in [0.05, 0.1) is 12.0 Å². The first kappa shape index (κ1) is 23.0. The van der Waals surface area contributed by atoms with E-state index in [1.165, 1.54) is 31.4 Å². The molecule has 32 heavy (non-hydrogen) atoms. The molecule has 0 fully saturated rings. The number of furan rings is 1. The molecule has 0 aliphatic heterocycles. The molecule has 0 saturated carbocycles. The largest absolute Gasteiger partial charge is 0.497 e. The molecule has 2 aromatic carbocycles. The van der Waals surface area contributed by atoms with Crippen LogP contribution in [0.2, 0.25) is 0 Å². The Hall–Kier alpha value is -3.63. The Labute approximate surface area is 191 Å². The number of thiocarbonyl (C=S) groups is 1. The fraction of sp³-hybridized carbons (Fsp3) is 0.0909. The minimum Gasteiger partial charge on any atom is -0.497 e. The zero-order valence-corrected chi connectivity index (χ0v) is 18.9. The predicted octanol–water partition coefficient (Wildman–Crippen LogP) is 3.92. The van der Waals surface area contributed by atoms with Gasteiger partial charge in [-0.1, -0.05) is 0 Å². The molecule has 0 bridgehead atoms. The third kappa shape index (κ3) is 6.43. The van der Waals surface area contributed by atoms with Crippen molar-refractivity contribution in [1.29, 1.82) is 0 Å². The SMILES string of the molecule is COc1ccc(NS(=O)(=O)c2ccc(NC(=S)NC(=O)C=Cc3ccc(C)o3)cc2)cc1. The standard InChI is InChI=1S/C22H21N3O5S2/c1-15-3-8-19(30-15)11-14-21(26)24-22(31)23-16-6-12-20(13-7-16)32(27,28)25-17-4-9-18(29-2)10-5-17/h3-14,25H,1-2H3,(H2,23,24,26,31). The molecule has 0 aliphatic carbocycles. The van der Waals surface area contributed by atoms with Gasteiger partial charge in [0, 0.05) is 17.5 Å². The fourth-order valence-corrected chi connectivity index (χ4v) is 3.88. The van der Waals surface area contributed by atoms with Crippen molar-refractivity contribution in [3.8, 4) is 5.75 Å². The van der Waals surface area contributed by atoms with Gasteiger partial charge >= 0.3 is 0 Å². The van der Waals surface area contributed by atoms with Crippen molar-refractivity contribution in [1.82, 2.24) is 5.32 Å². The summed E-state index contributed by atoms with van der Waals surface area (Å²) >= 11 is 5.12. The summed E-state index contributed by atoms with van der Waals surface area (Å²) in [7, 11) is -2.24. The molecule has 166 valence electrons. The highest BCUT2D eigenvalue weighted by atomic mass is 32.2. The van der Waals surface area contributed by atoms with Crippen molar-refractivity contribution in [3.63, 3.8) is 0 Å². The third-order valence-electron chi connectivity index (χ3n) is 4.16. The quantitative estimate of drug-likeness (QED) is 0.354. The van der Waals surface area contributed by atoms with Crippen LogP contribution in [0.4, 0.5) is 11.4 Å². The van der Waals surface area contributed by atoms with Crippen LogP contribution in [0.3, 0.4) is 0 Å². The summed E-state index contributed by atoms with van der Waals surface area (Å²) in [5.41, 5.74) is 0.930. The van der Waals surface area contributed by atoms with E-state index in [1.807, 2.05) is 6.92 Å². The summed E-state index contributed by atoms with van der Waals surface area (Å²) < 4.78 is 38.0. The van der Waals surface area contributed by atoms with Crippen LogP contribution < -0.4 is 20.1 Å².